The number of nitrogens with one attached hydrogen (secondary N) is 2. The van der Waals surface area contributed by atoms with Crippen molar-refractivity contribution in [2.75, 3.05) is 0 Å². The van der Waals surface area contributed by atoms with Gasteiger partial charge in [-0.3, -0.25) is 9.59 Å². The van der Waals surface area contributed by atoms with Crippen LogP contribution in [0.1, 0.15) is 116 Å². The maximum atomic E-state index is 14.9. The molecule has 3 atom stereocenters. The van der Waals surface area contributed by atoms with Crippen LogP contribution in [-0.2, 0) is 27.2 Å². The summed E-state index contributed by atoms with van der Waals surface area (Å²) in [5.74, 6) is -0.0267. The lowest BCUT2D eigenvalue weighted by Gasteiger charge is -2.39. The van der Waals surface area contributed by atoms with Crippen LogP contribution in [0.2, 0.25) is 0 Å². The molecule has 0 radical (unpaired) electrons. The van der Waals surface area contributed by atoms with E-state index in [0.29, 0.717) is 12.3 Å². The molecule has 248 valence electrons. The van der Waals surface area contributed by atoms with Crippen molar-refractivity contribution in [2.24, 2.45) is 5.92 Å². The Morgan fingerprint density at radius 2 is 1.51 bits per heavy atom. The summed E-state index contributed by atoms with van der Waals surface area (Å²) in [6, 6.07) is 12.4. The number of alkyl carbamates (subject to hydrolysis) is 1. The Hall–Kier alpha value is -3.55. The highest BCUT2D eigenvalue weighted by Crippen LogP contribution is 2.30. The van der Waals surface area contributed by atoms with E-state index in [1.807, 2.05) is 31.2 Å². The number of hydrogen-bond donors (Lipinski definition) is 3. The molecule has 3 unspecified atom stereocenters. The van der Waals surface area contributed by atoms with E-state index in [1.165, 1.54) is 6.42 Å². The number of carbonyl (C=O) groups is 3. The molecule has 8 nitrogen and oxygen atoms in total. The van der Waals surface area contributed by atoms with Crippen molar-refractivity contribution in [3.63, 3.8) is 0 Å². The molecule has 2 aromatic rings. The Bertz CT molecular complexity index is 1230. The van der Waals surface area contributed by atoms with Crippen LogP contribution >= 0.6 is 0 Å². The zero-order valence-electron chi connectivity index (χ0n) is 28.4. The van der Waals surface area contributed by atoms with Gasteiger partial charge in [0, 0.05) is 18.5 Å². The summed E-state index contributed by atoms with van der Waals surface area (Å²) in [5.41, 5.74) is 1.88. The van der Waals surface area contributed by atoms with Crippen LogP contribution in [0.15, 0.2) is 48.5 Å². The predicted molar refractivity (Wildman–Crippen MR) is 179 cm³/mol. The van der Waals surface area contributed by atoms with E-state index in [0.717, 1.165) is 55.2 Å². The van der Waals surface area contributed by atoms with Crippen molar-refractivity contribution >= 4 is 17.9 Å². The highest BCUT2D eigenvalue weighted by molar-refractivity contribution is 5.92. The second kappa shape index (κ2) is 16.7. The zero-order valence-corrected chi connectivity index (χ0v) is 28.4. The molecule has 2 aromatic carbocycles. The molecule has 0 aliphatic heterocycles. The summed E-state index contributed by atoms with van der Waals surface area (Å²) in [7, 11) is 0. The van der Waals surface area contributed by atoms with Crippen LogP contribution in [0.5, 0.6) is 5.75 Å². The van der Waals surface area contributed by atoms with Crippen molar-refractivity contribution in [3.8, 4) is 5.75 Å². The van der Waals surface area contributed by atoms with Crippen molar-refractivity contribution in [1.29, 1.82) is 0 Å². The fourth-order valence-electron chi connectivity index (χ4n) is 5.91. The SMILES string of the molecule is CCc1ccc(C(C(=O)NC2CCCCC2)N(C(=O)C(Cc2ccc(O)cc2)NC(=O)OC(C)(C)C)C(C)CCC(C)C)cc1. The van der Waals surface area contributed by atoms with Gasteiger partial charge >= 0.3 is 6.09 Å². The van der Waals surface area contributed by atoms with Gasteiger partial charge in [-0.1, -0.05) is 76.4 Å². The van der Waals surface area contributed by atoms with Crippen molar-refractivity contribution in [2.45, 2.75) is 136 Å². The largest absolute Gasteiger partial charge is 0.508 e. The van der Waals surface area contributed by atoms with Gasteiger partial charge in [0.05, 0.1) is 0 Å². The minimum atomic E-state index is -1.01. The fraction of sp³-hybridized carbons (Fsp3) is 0.595. The van der Waals surface area contributed by atoms with Crippen LogP contribution in [0.4, 0.5) is 4.79 Å². The Balaban J connectivity index is 2.09. The Kier molecular flexibility index (Phi) is 13.3. The Morgan fingerprint density at radius 1 is 0.911 bits per heavy atom. The Labute approximate surface area is 270 Å². The standard InChI is InChI=1S/C37H55N3O5/c1-8-27-16-20-29(21-17-27)33(34(42)38-30-12-10-9-11-13-30)40(26(4)15-14-25(2)3)35(43)32(39-36(44)45-37(5,6)7)24-28-18-22-31(41)23-19-28/h16-23,25-26,30,32-33,41H,8-15,24H2,1-7H3,(H,38,42)(H,39,44). The van der Waals surface area contributed by atoms with E-state index in [-0.39, 0.29) is 36.1 Å². The van der Waals surface area contributed by atoms with Crippen LogP contribution in [-0.4, -0.2) is 51.6 Å². The molecule has 1 fully saturated rings. The van der Waals surface area contributed by atoms with Gasteiger partial charge in [0.1, 0.15) is 23.4 Å². The molecule has 1 saturated carbocycles. The minimum absolute atomic E-state index is 0.0688. The summed E-state index contributed by atoms with van der Waals surface area (Å²) in [6.07, 6.45) is 7.05. The molecule has 45 heavy (non-hydrogen) atoms. The lowest BCUT2D eigenvalue weighted by Crippen LogP contribution is -2.57. The number of amides is 3. The van der Waals surface area contributed by atoms with Gasteiger partial charge in [-0.2, -0.15) is 0 Å². The molecular weight excluding hydrogens is 566 g/mol. The molecule has 0 heterocycles. The monoisotopic (exact) mass is 621 g/mol. The number of phenols is 1. The van der Waals surface area contributed by atoms with Gasteiger partial charge in [-0.05, 0) is 94.5 Å². The van der Waals surface area contributed by atoms with Crippen molar-refractivity contribution in [1.82, 2.24) is 15.5 Å². The summed E-state index contributed by atoms with van der Waals surface area (Å²) in [4.78, 5) is 44.0. The number of nitrogens with zero attached hydrogens (tertiary/aromatic N) is 1. The first-order valence-corrected chi connectivity index (χ1v) is 16.8. The summed E-state index contributed by atoms with van der Waals surface area (Å²) in [6.45, 7) is 13.7. The third-order valence-corrected chi connectivity index (χ3v) is 8.44. The lowest BCUT2D eigenvalue weighted by molar-refractivity contribution is -0.145. The number of carbonyl (C=O) groups excluding carboxylic acids is 3. The molecule has 0 bridgehead atoms. The van der Waals surface area contributed by atoms with E-state index in [9.17, 15) is 19.5 Å². The summed E-state index contributed by atoms with van der Waals surface area (Å²) < 4.78 is 5.57. The molecule has 8 heteroatoms. The molecule has 3 N–H and O–H groups in total. The first-order valence-electron chi connectivity index (χ1n) is 16.8. The minimum Gasteiger partial charge on any atom is -0.508 e. The smallest absolute Gasteiger partial charge is 0.408 e. The molecule has 0 aromatic heterocycles. The first kappa shape index (κ1) is 35.9. The number of aromatic hydroxyl groups is 1. The average molecular weight is 622 g/mol. The molecule has 1 aliphatic rings. The molecule has 1 aliphatic carbocycles. The molecule has 3 amide bonds. The number of rotatable bonds is 13. The highest BCUT2D eigenvalue weighted by Gasteiger charge is 2.39. The van der Waals surface area contributed by atoms with Gasteiger partial charge in [-0.25, -0.2) is 4.79 Å². The quantitative estimate of drug-likeness (QED) is 0.219. The van der Waals surface area contributed by atoms with E-state index in [2.05, 4.69) is 31.4 Å². The zero-order chi connectivity index (χ0) is 33.1. The van der Waals surface area contributed by atoms with E-state index in [4.69, 9.17) is 4.74 Å². The second-order valence-corrected chi connectivity index (χ2v) is 14.0. The van der Waals surface area contributed by atoms with Crippen LogP contribution < -0.4 is 10.6 Å². The average Bonchev–Trinajstić information content (AvgIpc) is 2.98. The third kappa shape index (κ3) is 11.4. The first-order chi connectivity index (χ1) is 21.3. The van der Waals surface area contributed by atoms with E-state index >= 15 is 0 Å². The highest BCUT2D eigenvalue weighted by atomic mass is 16.6. The lowest BCUT2D eigenvalue weighted by atomic mass is 9.93. The number of ether oxygens (including phenoxy) is 1. The van der Waals surface area contributed by atoms with Crippen LogP contribution in [0, 0.1) is 5.92 Å². The van der Waals surface area contributed by atoms with Gasteiger partial charge in [-0.15, -0.1) is 0 Å². The van der Waals surface area contributed by atoms with E-state index in [1.54, 1.807) is 49.9 Å². The van der Waals surface area contributed by atoms with Crippen LogP contribution in [0.3, 0.4) is 0 Å². The molecule has 3 rings (SSSR count). The molecular formula is C37H55N3O5. The van der Waals surface area contributed by atoms with Gasteiger partial charge in [0.2, 0.25) is 11.8 Å². The topological polar surface area (TPSA) is 108 Å². The van der Waals surface area contributed by atoms with Crippen LogP contribution in [0.25, 0.3) is 0 Å². The second-order valence-electron chi connectivity index (χ2n) is 14.0. The Morgan fingerprint density at radius 3 is 2.07 bits per heavy atom. The van der Waals surface area contributed by atoms with Crippen molar-refractivity contribution < 1.29 is 24.2 Å². The maximum Gasteiger partial charge on any atom is 0.408 e. The summed E-state index contributed by atoms with van der Waals surface area (Å²) in [5, 5.41) is 16.0. The maximum absolute atomic E-state index is 14.9. The number of phenolic OH excluding ortho intramolecular Hbond substituents is 1. The number of aryl methyl sites for hydroxylation is 1. The summed E-state index contributed by atoms with van der Waals surface area (Å²) >= 11 is 0. The molecule has 0 saturated heterocycles. The van der Waals surface area contributed by atoms with Gasteiger partial charge < -0.3 is 25.4 Å². The fourth-order valence-corrected chi connectivity index (χ4v) is 5.91. The van der Waals surface area contributed by atoms with E-state index < -0.39 is 23.8 Å². The van der Waals surface area contributed by atoms with Gasteiger partial charge in [0.25, 0.3) is 0 Å². The number of hydrogen-bond acceptors (Lipinski definition) is 5. The normalized spacial score (nSPS) is 16.0. The number of benzene rings is 2. The third-order valence-electron chi connectivity index (χ3n) is 8.44. The molecule has 0 spiro atoms. The predicted octanol–water partition coefficient (Wildman–Crippen LogP) is 7.23. The van der Waals surface area contributed by atoms with Crippen molar-refractivity contribution in [3.05, 3.63) is 65.2 Å². The van der Waals surface area contributed by atoms with Gasteiger partial charge in [0.15, 0.2) is 0 Å².